The molecule has 0 saturated carbocycles. The minimum Gasteiger partial charge on any atom is -0.462 e. The first-order chi connectivity index (χ1) is 14.7. The SMILES string of the molecule is CCOC(=O)c1sc2nc(COC(=O)c3cccc(S(=O)(=O)NC)c3)nc(N)c2c1C. The molecule has 3 rings (SSSR count). The van der Waals surface area contributed by atoms with E-state index in [4.69, 9.17) is 15.2 Å². The van der Waals surface area contributed by atoms with Crippen molar-refractivity contribution < 1.29 is 27.5 Å². The molecule has 0 saturated heterocycles. The first-order valence-corrected chi connectivity index (χ1v) is 11.4. The number of esters is 2. The maximum atomic E-state index is 12.4. The van der Waals surface area contributed by atoms with E-state index in [-0.39, 0.29) is 35.3 Å². The van der Waals surface area contributed by atoms with E-state index < -0.39 is 22.0 Å². The number of aromatic nitrogens is 2. The fraction of sp³-hybridized carbons (Fsp3) is 0.263. The standard InChI is InChI=1S/C19H20N4O6S2/c1-4-28-19(25)15-10(2)14-16(20)22-13(23-17(14)30-15)9-29-18(24)11-6-5-7-12(8-11)31(26,27)21-3/h5-8,21H,4,9H2,1-3H3,(H2,20,22,23). The van der Waals surface area contributed by atoms with Gasteiger partial charge in [0.05, 0.1) is 22.5 Å². The van der Waals surface area contributed by atoms with Gasteiger partial charge in [-0.25, -0.2) is 32.7 Å². The lowest BCUT2D eigenvalue weighted by Gasteiger charge is -2.07. The molecule has 0 atom stereocenters. The van der Waals surface area contributed by atoms with Gasteiger partial charge in [0.1, 0.15) is 15.5 Å². The average Bonchev–Trinajstić information content (AvgIpc) is 3.09. The van der Waals surface area contributed by atoms with Crippen molar-refractivity contribution in [2.75, 3.05) is 19.4 Å². The summed E-state index contributed by atoms with van der Waals surface area (Å²) in [4.78, 5) is 33.8. The molecular weight excluding hydrogens is 444 g/mol. The number of nitrogens with two attached hydrogens (primary N) is 1. The molecule has 0 aliphatic heterocycles. The predicted molar refractivity (Wildman–Crippen MR) is 114 cm³/mol. The summed E-state index contributed by atoms with van der Waals surface area (Å²) >= 11 is 1.12. The van der Waals surface area contributed by atoms with Gasteiger partial charge in [-0.2, -0.15) is 0 Å². The Kier molecular flexibility index (Phi) is 6.53. The van der Waals surface area contributed by atoms with E-state index in [9.17, 15) is 18.0 Å². The highest BCUT2D eigenvalue weighted by Gasteiger charge is 2.21. The number of nitrogens with zero attached hydrogens (tertiary/aromatic N) is 2. The number of carbonyl (C=O) groups is 2. The number of aryl methyl sites for hydroxylation is 1. The fourth-order valence-electron chi connectivity index (χ4n) is 2.79. The lowest BCUT2D eigenvalue weighted by Crippen LogP contribution is -2.19. The zero-order valence-corrected chi connectivity index (χ0v) is 18.6. The van der Waals surface area contributed by atoms with Crippen LogP contribution in [0.5, 0.6) is 0 Å². The van der Waals surface area contributed by atoms with Crippen LogP contribution in [0.15, 0.2) is 29.2 Å². The van der Waals surface area contributed by atoms with E-state index in [0.717, 1.165) is 11.3 Å². The monoisotopic (exact) mass is 464 g/mol. The highest BCUT2D eigenvalue weighted by Crippen LogP contribution is 2.33. The lowest BCUT2D eigenvalue weighted by atomic mass is 10.2. The first-order valence-electron chi connectivity index (χ1n) is 9.11. The van der Waals surface area contributed by atoms with Crippen molar-refractivity contribution in [3.05, 3.63) is 46.1 Å². The van der Waals surface area contributed by atoms with Crippen LogP contribution in [0.1, 0.15) is 38.3 Å². The van der Waals surface area contributed by atoms with Crippen LogP contribution in [0.25, 0.3) is 10.2 Å². The number of hydrogen-bond acceptors (Lipinski definition) is 10. The van der Waals surface area contributed by atoms with Gasteiger partial charge < -0.3 is 15.2 Å². The van der Waals surface area contributed by atoms with Gasteiger partial charge in [0.25, 0.3) is 0 Å². The number of rotatable bonds is 7. The van der Waals surface area contributed by atoms with Gasteiger partial charge in [0.15, 0.2) is 12.4 Å². The third-order valence-corrected chi connectivity index (χ3v) is 6.88. The van der Waals surface area contributed by atoms with Crippen LogP contribution in [0.3, 0.4) is 0 Å². The zero-order valence-electron chi connectivity index (χ0n) is 17.0. The van der Waals surface area contributed by atoms with E-state index in [2.05, 4.69) is 14.7 Å². The molecule has 31 heavy (non-hydrogen) atoms. The number of sulfonamides is 1. The molecule has 2 heterocycles. The smallest absolute Gasteiger partial charge is 0.348 e. The van der Waals surface area contributed by atoms with Crippen molar-refractivity contribution in [3.63, 3.8) is 0 Å². The Bertz CT molecular complexity index is 1270. The van der Waals surface area contributed by atoms with Gasteiger partial charge in [-0.05, 0) is 44.7 Å². The number of benzene rings is 1. The van der Waals surface area contributed by atoms with Crippen molar-refractivity contribution in [2.24, 2.45) is 0 Å². The Hall–Kier alpha value is -3.09. The van der Waals surface area contributed by atoms with Gasteiger partial charge in [0.2, 0.25) is 10.0 Å². The largest absolute Gasteiger partial charge is 0.462 e. The molecule has 10 nitrogen and oxygen atoms in total. The molecule has 0 unspecified atom stereocenters. The van der Waals surface area contributed by atoms with Crippen molar-refractivity contribution in [1.29, 1.82) is 0 Å². The maximum Gasteiger partial charge on any atom is 0.348 e. The molecule has 0 bridgehead atoms. The molecular formula is C19H20N4O6S2. The number of ether oxygens (including phenoxy) is 2. The minimum absolute atomic E-state index is 0.0574. The molecule has 3 N–H and O–H groups in total. The summed E-state index contributed by atoms with van der Waals surface area (Å²) in [7, 11) is -2.42. The summed E-state index contributed by atoms with van der Waals surface area (Å²) in [6, 6.07) is 5.44. The number of anilines is 1. The molecule has 0 amide bonds. The molecule has 3 aromatic rings. The Morgan fingerprint density at radius 1 is 1.19 bits per heavy atom. The van der Waals surface area contributed by atoms with Crippen LogP contribution in [-0.4, -0.2) is 44.0 Å². The summed E-state index contributed by atoms with van der Waals surface area (Å²) in [6.45, 7) is 3.40. The Morgan fingerprint density at radius 3 is 2.61 bits per heavy atom. The van der Waals surface area contributed by atoms with E-state index in [0.29, 0.717) is 20.7 Å². The molecule has 2 aromatic heterocycles. The summed E-state index contributed by atoms with van der Waals surface area (Å²) in [5, 5.41) is 0.549. The molecule has 0 aliphatic carbocycles. The number of thiophene rings is 1. The fourth-order valence-corrected chi connectivity index (χ4v) is 4.67. The summed E-state index contributed by atoms with van der Waals surface area (Å²) < 4.78 is 36.3. The second kappa shape index (κ2) is 8.96. The summed E-state index contributed by atoms with van der Waals surface area (Å²) in [6.07, 6.45) is 0. The average molecular weight is 465 g/mol. The Labute approximate surface area is 182 Å². The van der Waals surface area contributed by atoms with Crippen molar-refractivity contribution in [2.45, 2.75) is 25.3 Å². The molecule has 164 valence electrons. The van der Waals surface area contributed by atoms with Crippen molar-refractivity contribution in [3.8, 4) is 0 Å². The van der Waals surface area contributed by atoms with E-state index in [1.807, 2.05) is 0 Å². The normalized spacial score (nSPS) is 11.5. The number of fused-ring (bicyclic) bond motifs is 1. The third kappa shape index (κ3) is 4.65. The second-order valence-electron chi connectivity index (χ2n) is 6.29. The van der Waals surface area contributed by atoms with Crippen LogP contribution in [-0.2, 0) is 26.1 Å². The zero-order chi connectivity index (χ0) is 22.8. The van der Waals surface area contributed by atoms with Crippen LogP contribution >= 0.6 is 11.3 Å². The Morgan fingerprint density at radius 2 is 1.94 bits per heavy atom. The van der Waals surface area contributed by atoms with Gasteiger partial charge in [0, 0.05) is 0 Å². The topological polar surface area (TPSA) is 151 Å². The predicted octanol–water partition coefficient (Wildman–Crippen LogP) is 2.02. The second-order valence-corrected chi connectivity index (χ2v) is 9.18. The number of nitrogen functional groups attached to an aromatic ring is 1. The van der Waals surface area contributed by atoms with E-state index >= 15 is 0 Å². The van der Waals surface area contributed by atoms with Crippen molar-refractivity contribution >= 4 is 49.3 Å². The molecule has 0 spiro atoms. The van der Waals surface area contributed by atoms with E-state index in [1.54, 1.807) is 13.8 Å². The molecule has 1 aromatic carbocycles. The molecule has 0 fully saturated rings. The number of nitrogens with one attached hydrogen (secondary N) is 1. The molecule has 12 heteroatoms. The number of carbonyl (C=O) groups excluding carboxylic acids is 2. The summed E-state index contributed by atoms with van der Waals surface area (Å²) in [5.41, 5.74) is 6.72. The quantitative estimate of drug-likeness (QED) is 0.500. The van der Waals surface area contributed by atoms with Gasteiger partial charge in [-0.15, -0.1) is 11.3 Å². The van der Waals surface area contributed by atoms with Gasteiger partial charge in [-0.1, -0.05) is 6.07 Å². The van der Waals surface area contributed by atoms with Crippen LogP contribution in [0.2, 0.25) is 0 Å². The molecule has 0 aliphatic rings. The Balaban J connectivity index is 1.82. The highest BCUT2D eigenvalue weighted by atomic mass is 32.2. The van der Waals surface area contributed by atoms with E-state index in [1.165, 1.54) is 31.3 Å². The van der Waals surface area contributed by atoms with Crippen molar-refractivity contribution in [1.82, 2.24) is 14.7 Å². The minimum atomic E-state index is -3.70. The summed E-state index contributed by atoms with van der Waals surface area (Å²) in [5.74, 6) is -0.909. The lowest BCUT2D eigenvalue weighted by molar-refractivity contribution is 0.0461. The maximum absolute atomic E-state index is 12.4. The van der Waals surface area contributed by atoms with Crippen LogP contribution in [0.4, 0.5) is 5.82 Å². The number of hydrogen-bond donors (Lipinski definition) is 2. The third-order valence-electron chi connectivity index (χ3n) is 4.31. The van der Waals surface area contributed by atoms with Gasteiger partial charge in [-0.3, -0.25) is 0 Å². The van der Waals surface area contributed by atoms with Gasteiger partial charge >= 0.3 is 11.9 Å². The first kappa shape index (κ1) is 22.6. The molecule has 0 radical (unpaired) electrons. The van der Waals surface area contributed by atoms with Crippen LogP contribution < -0.4 is 10.5 Å². The van der Waals surface area contributed by atoms with Crippen LogP contribution in [0, 0.1) is 6.92 Å². The highest BCUT2D eigenvalue weighted by molar-refractivity contribution is 7.89.